The summed E-state index contributed by atoms with van der Waals surface area (Å²) < 4.78 is 12.5. The highest BCUT2D eigenvalue weighted by Gasteiger charge is 2.07. The molecule has 0 aliphatic heterocycles. The Kier molecular flexibility index (Phi) is 6.51. The van der Waals surface area contributed by atoms with E-state index in [9.17, 15) is 4.79 Å². The quantitative estimate of drug-likeness (QED) is 0.630. The standard InChI is InChI=1S/C21H24N4O3/c1-27-19-8-7-18(20(11-19)28-2)13-24-21(26)23-12-16-3-5-17(6-4-16)14-25-10-9-22-15-25/h3-11,15H,12-14H2,1-2H3,(H2,23,24,26). The first-order valence-corrected chi connectivity index (χ1v) is 8.94. The Labute approximate surface area is 164 Å². The van der Waals surface area contributed by atoms with Gasteiger partial charge in [-0.1, -0.05) is 24.3 Å². The number of carbonyl (C=O) groups is 1. The summed E-state index contributed by atoms with van der Waals surface area (Å²) in [5, 5.41) is 5.70. The zero-order chi connectivity index (χ0) is 19.8. The highest BCUT2D eigenvalue weighted by atomic mass is 16.5. The minimum atomic E-state index is -0.236. The average Bonchev–Trinajstić information content (AvgIpc) is 3.24. The minimum absolute atomic E-state index is 0.236. The second-order valence-corrected chi connectivity index (χ2v) is 6.27. The van der Waals surface area contributed by atoms with Crippen LogP contribution in [0.3, 0.4) is 0 Å². The zero-order valence-electron chi connectivity index (χ0n) is 16.0. The number of hydrogen-bond donors (Lipinski definition) is 2. The summed E-state index contributed by atoms with van der Waals surface area (Å²) >= 11 is 0. The fourth-order valence-corrected chi connectivity index (χ4v) is 2.77. The van der Waals surface area contributed by atoms with Crippen LogP contribution in [0.4, 0.5) is 4.79 Å². The molecule has 0 bridgehead atoms. The maximum absolute atomic E-state index is 12.1. The van der Waals surface area contributed by atoms with Gasteiger partial charge in [0.2, 0.25) is 0 Å². The summed E-state index contributed by atoms with van der Waals surface area (Å²) in [5.41, 5.74) is 3.09. The van der Waals surface area contributed by atoms with Crippen LogP contribution in [0.2, 0.25) is 0 Å². The number of amides is 2. The van der Waals surface area contributed by atoms with E-state index in [1.165, 1.54) is 5.56 Å². The Hall–Kier alpha value is -3.48. The highest BCUT2D eigenvalue weighted by Crippen LogP contribution is 2.24. The largest absolute Gasteiger partial charge is 0.497 e. The molecule has 0 aliphatic rings. The van der Waals surface area contributed by atoms with Crippen molar-refractivity contribution in [3.63, 3.8) is 0 Å². The molecule has 1 aromatic heterocycles. The smallest absolute Gasteiger partial charge is 0.315 e. The lowest BCUT2D eigenvalue weighted by atomic mass is 10.1. The minimum Gasteiger partial charge on any atom is -0.497 e. The summed E-state index contributed by atoms with van der Waals surface area (Å²) in [4.78, 5) is 16.1. The lowest BCUT2D eigenvalue weighted by Crippen LogP contribution is -2.34. The maximum atomic E-state index is 12.1. The molecule has 0 atom stereocenters. The first-order valence-electron chi connectivity index (χ1n) is 8.94. The van der Waals surface area contributed by atoms with Crippen LogP contribution in [0, 0.1) is 0 Å². The van der Waals surface area contributed by atoms with Crippen molar-refractivity contribution >= 4 is 6.03 Å². The topological polar surface area (TPSA) is 77.4 Å². The number of carbonyl (C=O) groups excluding carboxylic acids is 1. The van der Waals surface area contributed by atoms with Gasteiger partial charge in [0.25, 0.3) is 0 Å². The van der Waals surface area contributed by atoms with Crippen LogP contribution in [-0.2, 0) is 19.6 Å². The van der Waals surface area contributed by atoms with Gasteiger partial charge < -0.3 is 24.7 Å². The molecule has 0 saturated heterocycles. The van der Waals surface area contributed by atoms with Gasteiger partial charge in [-0.3, -0.25) is 0 Å². The molecule has 2 amide bonds. The van der Waals surface area contributed by atoms with Crippen LogP contribution in [-0.4, -0.2) is 29.8 Å². The number of benzene rings is 2. The second-order valence-electron chi connectivity index (χ2n) is 6.27. The first-order chi connectivity index (χ1) is 13.7. The molecule has 7 nitrogen and oxygen atoms in total. The molecular weight excluding hydrogens is 356 g/mol. The molecule has 1 heterocycles. The van der Waals surface area contributed by atoms with E-state index in [1.807, 2.05) is 35.0 Å². The van der Waals surface area contributed by atoms with Crippen LogP contribution in [0.15, 0.2) is 61.2 Å². The van der Waals surface area contributed by atoms with E-state index in [-0.39, 0.29) is 6.03 Å². The van der Waals surface area contributed by atoms with Crippen molar-refractivity contribution in [3.05, 3.63) is 77.9 Å². The molecule has 2 aromatic carbocycles. The Balaban J connectivity index is 1.46. The molecule has 28 heavy (non-hydrogen) atoms. The first kappa shape index (κ1) is 19.3. The van der Waals surface area contributed by atoms with Gasteiger partial charge in [-0.25, -0.2) is 9.78 Å². The highest BCUT2D eigenvalue weighted by molar-refractivity contribution is 5.73. The van der Waals surface area contributed by atoms with Crippen molar-refractivity contribution in [1.82, 2.24) is 20.2 Å². The molecular formula is C21H24N4O3. The molecule has 146 valence electrons. The van der Waals surface area contributed by atoms with Crippen molar-refractivity contribution in [2.24, 2.45) is 0 Å². The summed E-state index contributed by atoms with van der Waals surface area (Å²) in [5.74, 6) is 1.38. The Bertz CT molecular complexity index is 893. The maximum Gasteiger partial charge on any atom is 0.315 e. The van der Waals surface area contributed by atoms with Gasteiger partial charge in [0.15, 0.2) is 0 Å². The summed E-state index contributed by atoms with van der Waals surface area (Å²) in [7, 11) is 3.19. The predicted molar refractivity (Wildman–Crippen MR) is 106 cm³/mol. The van der Waals surface area contributed by atoms with E-state index in [0.29, 0.717) is 24.6 Å². The summed E-state index contributed by atoms with van der Waals surface area (Å²) in [6.45, 7) is 1.59. The number of aromatic nitrogens is 2. The van der Waals surface area contributed by atoms with Crippen molar-refractivity contribution in [3.8, 4) is 11.5 Å². The number of ether oxygens (including phenoxy) is 2. The SMILES string of the molecule is COc1ccc(CNC(=O)NCc2ccc(Cn3ccnc3)cc2)c(OC)c1. The van der Waals surface area contributed by atoms with Gasteiger partial charge in [-0.05, 0) is 23.3 Å². The second kappa shape index (κ2) is 9.45. The van der Waals surface area contributed by atoms with Crippen LogP contribution in [0.25, 0.3) is 0 Å². The summed E-state index contributed by atoms with van der Waals surface area (Å²) in [6.07, 6.45) is 5.48. The van der Waals surface area contributed by atoms with E-state index in [2.05, 4.69) is 27.8 Å². The molecule has 3 rings (SSSR count). The van der Waals surface area contributed by atoms with Crippen LogP contribution in [0.5, 0.6) is 11.5 Å². The van der Waals surface area contributed by atoms with Crippen LogP contribution >= 0.6 is 0 Å². The number of hydrogen-bond acceptors (Lipinski definition) is 4. The normalized spacial score (nSPS) is 10.4. The molecule has 0 unspecified atom stereocenters. The van der Waals surface area contributed by atoms with Crippen molar-refractivity contribution in [1.29, 1.82) is 0 Å². The van der Waals surface area contributed by atoms with Gasteiger partial charge >= 0.3 is 6.03 Å². The Morgan fingerprint density at radius 2 is 1.75 bits per heavy atom. The third-order valence-corrected chi connectivity index (χ3v) is 4.33. The molecule has 0 radical (unpaired) electrons. The van der Waals surface area contributed by atoms with Gasteiger partial charge in [-0.15, -0.1) is 0 Å². The number of nitrogens with zero attached hydrogens (tertiary/aromatic N) is 2. The molecule has 3 aromatic rings. The monoisotopic (exact) mass is 380 g/mol. The molecule has 2 N–H and O–H groups in total. The molecule has 0 saturated carbocycles. The third-order valence-electron chi connectivity index (χ3n) is 4.33. The summed E-state index contributed by atoms with van der Waals surface area (Å²) in [6, 6.07) is 13.4. The van der Waals surface area contributed by atoms with Crippen molar-refractivity contribution < 1.29 is 14.3 Å². The lowest BCUT2D eigenvalue weighted by Gasteiger charge is -2.12. The van der Waals surface area contributed by atoms with E-state index in [1.54, 1.807) is 32.8 Å². The van der Waals surface area contributed by atoms with Crippen LogP contribution < -0.4 is 20.1 Å². The fraction of sp³-hybridized carbons (Fsp3) is 0.238. The van der Waals surface area contributed by atoms with Crippen molar-refractivity contribution in [2.45, 2.75) is 19.6 Å². The Morgan fingerprint density at radius 3 is 2.43 bits per heavy atom. The van der Waals surface area contributed by atoms with Gasteiger partial charge in [0.1, 0.15) is 11.5 Å². The van der Waals surface area contributed by atoms with E-state index in [4.69, 9.17) is 9.47 Å². The number of nitrogens with one attached hydrogen (secondary N) is 2. The van der Waals surface area contributed by atoms with E-state index < -0.39 is 0 Å². The number of urea groups is 1. The van der Waals surface area contributed by atoms with Gasteiger partial charge in [-0.2, -0.15) is 0 Å². The fourth-order valence-electron chi connectivity index (χ4n) is 2.77. The molecule has 7 heteroatoms. The number of imidazole rings is 1. The average molecular weight is 380 g/mol. The van der Waals surface area contributed by atoms with Gasteiger partial charge in [0.05, 0.1) is 20.5 Å². The lowest BCUT2D eigenvalue weighted by molar-refractivity contribution is 0.240. The predicted octanol–water partition coefficient (Wildman–Crippen LogP) is 2.95. The number of methoxy groups -OCH3 is 2. The number of rotatable bonds is 8. The van der Waals surface area contributed by atoms with Crippen LogP contribution in [0.1, 0.15) is 16.7 Å². The third kappa shape index (κ3) is 5.26. The molecule has 0 fully saturated rings. The zero-order valence-corrected chi connectivity index (χ0v) is 16.0. The van der Waals surface area contributed by atoms with Crippen molar-refractivity contribution in [2.75, 3.05) is 14.2 Å². The molecule has 0 aliphatic carbocycles. The van der Waals surface area contributed by atoms with Gasteiger partial charge in [0, 0.05) is 43.7 Å². The Morgan fingerprint density at radius 1 is 1.00 bits per heavy atom. The molecule has 0 spiro atoms. The van der Waals surface area contributed by atoms with E-state index >= 15 is 0 Å². The van der Waals surface area contributed by atoms with E-state index in [0.717, 1.165) is 17.7 Å².